The van der Waals surface area contributed by atoms with E-state index in [0.29, 0.717) is 13.1 Å². The van der Waals surface area contributed by atoms with Gasteiger partial charge in [-0.1, -0.05) is 12.2 Å². The van der Waals surface area contributed by atoms with Gasteiger partial charge in [0.2, 0.25) is 10.0 Å². The van der Waals surface area contributed by atoms with E-state index in [0.717, 1.165) is 5.69 Å². The minimum Gasteiger partial charge on any atom is -0.260 e. The lowest BCUT2D eigenvalue weighted by Gasteiger charge is -2.14. The first-order chi connectivity index (χ1) is 7.10. The highest BCUT2D eigenvalue weighted by atomic mass is 32.2. The van der Waals surface area contributed by atoms with Crippen molar-refractivity contribution in [3.63, 3.8) is 0 Å². The van der Waals surface area contributed by atoms with Crippen LogP contribution in [0, 0.1) is 6.92 Å². The van der Waals surface area contributed by atoms with Crippen molar-refractivity contribution in [2.24, 2.45) is 0 Å². The summed E-state index contributed by atoms with van der Waals surface area (Å²) in [5.74, 6) is 0. The molecule has 4 nitrogen and oxygen atoms in total. The van der Waals surface area contributed by atoms with Gasteiger partial charge in [-0.05, 0) is 19.1 Å². The van der Waals surface area contributed by atoms with Crippen LogP contribution in [0.15, 0.2) is 35.4 Å². The molecule has 1 aliphatic rings. The molecule has 2 heterocycles. The Morgan fingerprint density at radius 2 is 1.93 bits per heavy atom. The zero-order chi connectivity index (χ0) is 10.9. The van der Waals surface area contributed by atoms with E-state index >= 15 is 0 Å². The van der Waals surface area contributed by atoms with Crippen LogP contribution in [0.1, 0.15) is 5.69 Å². The maximum absolute atomic E-state index is 12.0. The molecule has 0 aliphatic carbocycles. The van der Waals surface area contributed by atoms with Crippen LogP contribution in [0.3, 0.4) is 0 Å². The summed E-state index contributed by atoms with van der Waals surface area (Å²) < 4.78 is 25.4. The third kappa shape index (κ3) is 1.93. The van der Waals surface area contributed by atoms with Gasteiger partial charge in [-0.2, -0.15) is 4.31 Å². The van der Waals surface area contributed by atoms with Gasteiger partial charge in [-0.3, -0.25) is 4.98 Å². The van der Waals surface area contributed by atoms with Gasteiger partial charge in [0, 0.05) is 25.0 Å². The average molecular weight is 224 g/mol. The van der Waals surface area contributed by atoms with Crippen LogP contribution in [0.4, 0.5) is 0 Å². The second-order valence-electron chi connectivity index (χ2n) is 3.43. The number of hydrogen-bond acceptors (Lipinski definition) is 3. The largest absolute Gasteiger partial charge is 0.260 e. The first-order valence-electron chi connectivity index (χ1n) is 4.68. The summed E-state index contributed by atoms with van der Waals surface area (Å²) >= 11 is 0. The molecule has 2 rings (SSSR count). The Bertz CT molecular complexity index is 469. The van der Waals surface area contributed by atoms with Crippen molar-refractivity contribution in [2.45, 2.75) is 11.8 Å². The maximum atomic E-state index is 12.0. The quantitative estimate of drug-likeness (QED) is 0.703. The van der Waals surface area contributed by atoms with Crippen molar-refractivity contribution in [2.75, 3.05) is 13.1 Å². The summed E-state index contributed by atoms with van der Waals surface area (Å²) in [4.78, 5) is 4.25. The van der Waals surface area contributed by atoms with Crippen molar-refractivity contribution in [1.29, 1.82) is 0 Å². The van der Waals surface area contributed by atoms with Crippen molar-refractivity contribution < 1.29 is 8.42 Å². The number of nitrogens with zero attached hydrogens (tertiary/aromatic N) is 2. The van der Waals surface area contributed by atoms with E-state index in [9.17, 15) is 8.42 Å². The van der Waals surface area contributed by atoms with E-state index in [4.69, 9.17) is 0 Å². The predicted octanol–water partition coefficient (Wildman–Crippen LogP) is 0.951. The molecule has 5 heteroatoms. The fourth-order valence-electron chi connectivity index (χ4n) is 1.41. The lowest BCUT2D eigenvalue weighted by atomic mass is 10.4. The lowest BCUT2D eigenvalue weighted by Crippen LogP contribution is -2.28. The van der Waals surface area contributed by atoms with Gasteiger partial charge in [0.1, 0.15) is 4.90 Å². The van der Waals surface area contributed by atoms with Gasteiger partial charge >= 0.3 is 0 Å². The molecule has 0 aromatic carbocycles. The molecule has 0 saturated heterocycles. The van der Waals surface area contributed by atoms with Crippen molar-refractivity contribution >= 4 is 10.0 Å². The van der Waals surface area contributed by atoms with Crippen molar-refractivity contribution in [3.8, 4) is 0 Å². The number of hydrogen-bond donors (Lipinski definition) is 0. The molecule has 0 atom stereocenters. The second kappa shape index (κ2) is 3.75. The summed E-state index contributed by atoms with van der Waals surface area (Å²) in [5.41, 5.74) is 0.813. The van der Waals surface area contributed by atoms with Crippen LogP contribution in [0.25, 0.3) is 0 Å². The van der Waals surface area contributed by atoms with Crippen LogP contribution in [0.2, 0.25) is 0 Å². The summed E-state index contributed by atoms with van der Waals surface area (Å²) in [6.45, 7) is 2.74. The first kappa shape index (κ1) is 10.3. The van der Waals surface area contributed by atoms with Crippen LogP contribution in [-0.4, -0.2) is 30.8 Å². The summed E-state index contributed by atoms with van der Waals surface area (Å²) in [7, 11) is -3.35. The number of sulfonamides is 1. The van der Waals surface area contributed by atoms with E-state index in [-0.39, 0.29) is 4.90 Å². The molecule has 0 N–H and O–H groups in total. The van der Waals surface area contributed by atoms with Gasteiger partial charge in [0.25, 0.3) is 0 Å². The fourth-order valence-corrected chi connectivity index (χ4v) is 2.70. The van der Waals surface area contributed by atoms with E-state index in [2.05, 4.69) is 4.98 Å². The molecule has 1 aromatic heterocycles. The SMILES string of the molecule is Cc1ccc(S(=O)(=O)N2CC=CC2)cn1. The molecular formula is C10H12N2O2S. The van der Waals surface area contributed by atoms with E-state index in [1.807, 2.05) is 19.1 Å². The zero-order valence-electron chi connectivity index (χ0n) is 8.42. The van der Waals surface area contributed by atoms with Crippen LogP contribution < -0.4 is 0 Å². The van der Waals surface area contributed by atoms with E-state index in [1.54, 1.807) is 12.1 Å². The Kier molecular flexibility index (Phi) is 2.58. The Labute approximate surface area is 89.3 Å². The highest BCUT2D eigenvalue weighted by Gasteiger charge is 2.24. The Morgan fingerprint density at radius 3 is 2.47 bits per heavy atom. The first-order valence-corrected chi connectivity index (χ1v) is 6.12. The standard InChI is InChI=1S/C10H12N2O2S/c1-9-4-5-10(8-11-9)15(13,14)12-6-2-3-7-12/h2-5,8H,6-7H2,1H3. The monoisotopic (exact) mass is 224 g/mol. The normalized spacial score (nSPS) is 17.1. The Morgan fingerprint density at radius 1 is 1.27 bits per heavy atom. The molecule has 0 fully saturated rings. The molecule has 0 radical (unpaired) electrons. The Hall–Kier alpha value is -1.20. The molecule has 0 amide bonds. The lowest BCUT2D eigenvalue weighted by molar-refractivity contribution is 0.487. The van der Waals surface area contributed by atoms with E-state index < -0.39 is 10.0 Å². The van der Waals surface area contributed by atoms with E-state index in [1.165, 1.54) is 10.5 Å². The van der Waals surface area contributed by atoms with Gasteiger partial charge in [0.05, 0.1) is 0 Å². The molecular weight excluding hydrogens is 212 g/mol. The number of aryl methyl sites for hydroxylation is 1. The summed E-state index contributed by atoms with van der Waals surface area (Å²) in [6, 6.07) is 3.30. The van der Waals surface area contributed by atoms with Crippen molar-refractivity contribution in [1.82, 2.24) is 9.29 Å². The average Bonchev–Trinajstić information content (AvgIpc) is 2.71. The maximum Gasteiger partial charge on any atom is 0.245 e. The van der Waals surface area contributed by atoms with Crippen LogP contribution in [-0.2, 0) is 10.0 Å². The molecule has 0 unspecified atom stereocenters. The molecule has 0 saturated carbocycles. The minimum atomic E-state index is -3.35. The topological polar surface area (TPSA) is 50.3 Å². The molecule has 0 bridgehead atoms. The summed E-state index contributed by atoms with van der Waals surface area (Å²) in [6.07, 6.45) is 5.10. The number of aromatic nitrogens is 1. The summed E-state index contributed by atoms with van der Waals surface area (Å²) in [5, 5.41) is 0. The number of pyridine rings is 1. The van der Waals surface area contributed by atoms with Gasteiger partial charge in [-0.25, -0.2) is 8.42 Å². The highest BCUT2D eigenvalue weighted by molar-refractivity contribution is 7.89. The second-order valence-corrected chi connectivity index (χ2v) is 5.37. The van der Waals surface area contributed by atoms with Gasteiger partial charge in [-0.15, -0.1) is 0 Å². The number of rotatable bonds is 2. The van der Waals surface area contributed by atoms with Gasteiger partial charge in [0.15, 0.2) is 0 Å². The zero-order valence-corrected chi connectivity index (χ0v) is 9.24. The molecule has 15 heavy (non-hydrogen) atoms. The minimum absolute atomic E-state index is 0.261. The molecule has 1 aromatic rings. The highest BCUT2D eigenvalue weighted by Crippen LogP contribution is 2.16. The van der Waals surface area contributed by atoms with Gasteiger partial charge < -0.3 is 0 Å². The third-order valence-corrected chi connectivity index (χ3v) is 4.12. The third-order valence-electron chi connectivity index (χ3n) is 2.31. The predicted molar refractivity (Wildman–Crippen MR) is 56.9 cm³/mol. The molecule has 0 spiro atoms. The fraction of sp³-hybridized carbons (Fsp3) is 0.300. The Balaban J connectivity index is 2.33. The van der Waals surface area contributed by atoms with Crippen LogP contribution >= 0.6 is 0 Å². The smallest absolute Gasteiger partial charge is 0.245 e. The molecule has 80 valence electrons. The van der Waals surface area contributed by atoms with Crippen molar-refractivity contribution in [3.05, 3.63) is 36.2 Å². The van der Waals surface area contributed by atoms with Crippen LogP contribution in [0.5, 0.6) is 0 Å². The molecule has 1 aliphatic heterocycles.